The molecule has 0 spiro atoms. The number of rotatable bonds is 8. The number of aliphatic hydroxyl groups excluding tert-OH is 2. The number of aromatic amines is 1. The molecule has 0 radical (unpaired) electrons. The Morgan fingerprint density at radius 1 is 1.20 bits per heavy atom. The van der Waals surface area contributed by atoms with Crippen LogP contribution in [0.3, 0.4) is 0 Å². The van der Waals surface area contributed by atoms with Gasteiger partial charge >= 0.3 is 6.72 Å². The fourth-order valence-electron chi connectivity index (χ4n) is 4.53. The van der Waals surface area contributed by atoms with Crippen molar-refractivity contribution in [1.82, 2.24) is 49.9 Å². The summed E-state index contributed by atoms with van der Waals surface area (Å²) < 4.78 is 48.4. The van der Waals surface area contributed by atoms with Crippen molar-refractivity contribution in [2.45, 2.75) is 49.5 Å². The molecule has 0 bridgehead atoms. The van der Waals surface area contributed by atoms with Gasteiger partial charge in [0.15, 0.2) is 46.8 Å². The second kappa shape index (κ2) is 13.2. The maximum absolute atomic E-state index is 15.0. The van der Waals surface area contributed by atoms with Gasteiger partial charge in [-0.15, -0.1) is 10.2 Å². The number of nitrogens with one attached hydrogen (secondary N) is 1. The Morgan fingerprint density at radius 3 is 2.59 bits per heavy atom. The van der Waals surface area contributed by atoms with Crippen LogP contribution >= 0.6 is 26.6 Å². The minimum Gasteiger partial charge on any atom is -0.394 e. The summed E-state index contributed by atoms with van der Waals surface area (Å²) in [5.41, 5.74) is 10.8. The van der Waals surface area contributed by atoms with Gasteiger partial charge in [-0.3, -0.25) is 14.3 Å². The molecular formula is C18H23FN12O9P2S2. The van der Waals surface area contributed by atoms with E-state index in [-0.39, 0.29) is 48.2 Å². The third kappa shape index (κ3) is 6.41. The second-order valence-corrected chi connectivity index (χ2v) is 12.6. The highest BCUT2D eigenvalue weighted by atomic mass is 32.7. The van der Waals surface area contributed by atoms with Gasteiger partial charge in [0.25, 0.3) is 5.56 Å². The van der Waals surface area contributed by atoms with E-state index in [0.29, 0.717) is 0 Å². The Bertz CT molecular complexity index is 1770. The van der Waals surface area contributed by atoms with Gasteiger partial charge < -0.3 is 45.1 Å². The van der Waals surface area contributed by atoms with Crippen LogP contribution in [0, 0.1) is 0 Å². The molecule has 0 aromatic carbocycles. The van der Waals surface area contributed by atoms with Crippen LogP contribution in [-0.4, -0.2) is 109 Å². The number of ether oxygens (including phenoxy) is 2. The standard InChI is InChI=1S/C18H22FN12O8PS.HOPS/c19-8-11(33)7(38-17(8)30-13-9(26-28-30)12(20)22-4-23-13)3-36-40(35,41)39-6-1-5(2-32)37-16(6)31-14-10(27-29-31)15(34)25-18(21)24-14;1-2-3/h4-8,11,16-17,32-33H,1-3H2,(H,35,41)(H2,20,22,23)(H3,21,24,25,34);(H,1,3)/t5-,6+,7+,8-,11+,16+,17+,40?;/m0./s1. The molecule has 8 atom stereocenters. The Kier molecular flexibility index (Phi) is 9.77. The molecule has 2 aliphatic rings. The zero-order valence-electron chi connectivity index (χ0n) is 21.8. The van der Waals surface area contributed by atoms with Crippen LogP contribution in [0.1, 0.15) is 18.9 Å². The van der Waals surface area contributed by atoms with E-state index < -0.39 is 68.5 Å². The van der Waals surface area contributed by atoms with Crippen LogP contribution in [-0.2, 0) is 34.9 Å². The Hall–Kier alpha value is -2.89. The van der Waals surface area contributed by atoms with Gasteiger partial charge in [0.2, 0.25) is 13.6 Å². The molecule has 26 heteroatoms. The van der Waals surface area contributed by atoms with Crippen molar-refractivity contribution >= 4 is 72.5 Å². The van der Waals surface area contributed by atoms with E-state index in [1.54, 1.807) is 0 Å². The summed E-state index contributed by atoms with van der Waals surface area (Å²) in [4.78, 5) is 37.1. The first kappa shape index (κ1) is 32.5. The predicted molar refractivity (Wildman–Crippen MR) is 152 cm³/mol. The lowest BCUT2D eigenvalue weighted by atomic mass is 10.1. The molecule has 2 fully saturated rings. The van der Waals surface area contributed by atoms with Gasteiger partial charge in [-0.1, -0.05) is 22.7 Å². The van der Waals surface area contributed by atoms with Gasteiger partial charge in [0.1, 0.15) is 24.6 Å². The van der Waals surface area contributed by atoms with E-state index in [4.69, 9.17) is 46.4 Å². The fourth-order valence-corrected chi connectivity index (χ4v) is 5.98. The Balaban J connectivity index is 0.00000123. The summed E-state index contributed by atoms with van der Waals surface area (Å²) in [6.45, 7) is -5.10. The van der Waals surface area contributed by atoms with Crippen molar-refractivity contribution < 1.29 is 42.6 Å². The average Bonchev–Trinajstić information content (AvgIpc) is 3.74. The zero-order chi connectivity index (χ0) is 31.8. The quantitative estimate of drug-likeness (QED) is 0.0817. The number of hydrogen-bond donors (Lipinski definition) is 7. The summed E-state index contributed by atoms with van der Waals surface area (Å²) in [6, 6.07) is 0. The maximum atomic E-state index is 15.0. The molecule has 21 nitrogen and oxygen atoms in total. The van der Waals surface area contributed by atoms with E-state index in [0.717, 1.165) is 15.7 Å². The number of H-pyrrole nitrogens is 1. The molecular weight excluding hydrogens is 673 g/mol. The lowest BCUT2D eigenvalue weighted by Gasteiger charge is -2.25. The number of nitrogens with zero attached hydrogens (tertiary/aromatic N) is 9. The second-order valence-electron chi connectivity index (χ2n) is 9.18. The first-order valence-corrected chi connectivity index (χ1v) is 16.8. The smallest absolute Gasteiger partial charge is 0.325 e. The van der Waals surface area contributed by atoms with Crippen LogP contribution in [0.5, 0.6) is 0 Å². The summed E-state index contributed by atoms with van der Waals surface area (Å²) in [6.07, 6.45) is -8.23. The zero-order valence-corrected chi connectivity index (χ0v) is 25.3. The molecule has 4 aromatic rings. The maximum Gasteiger partial charge on any atom is 0.325 e. The molecule has 2 saturated heterocycles. The Morgan fingerprint density at radius 2 is 1.89 bits per heavy atom. The highest BCUT2D eigenvalue weighted by molar-refractivity contribution is 8.33. The first-order chi connectivity index (χ1) is 21.0. The third-order valence-corrected chi connectivity index (χ3v) is 8.02. The molecule has 2 aliphatic heterocycles. The highest BCUT2D eigenvalue weighted by Gasteiger charge is 2.48. The molecule has 44 heavy (non-hydrogen) atoms. The molecule has 8 N–H and O–H groups in total. The van der Waals surface area contributed by atoms with Gasteiger partial charge in [0.05, 0.1) is 19.3 Å². The highest BCUT2D eigenvalue weighted by Crippen LogP contribution is 2.50. The summed E-state index contributed by atoms with van der Waals surface area (Å²) in [5, 5.41) is 35.4. The lowest BCUT2D eigenvalue weighted by Crippen LogP contribution is -2.31. The molecule has 4 aromatic heterocycles. The molecule has 238 valence electrons. The average molecular weight is 697 g/mol. The van der Waals surface area contributed by atoms with E-state index >= 15 is 4.39 Å². The number of nitrogen functional groups attached to an aromatic ring is 2. The minimum absolute atomic E-state index is 0.0239. The lowest BCUT2D eigenvalue weighted by molar-refractivity contribution is -0.0611. The van der Waals surface area contributed by atoms with Crippen molar-refractivity contribution in [3.63, 3.8) is 0 Å². The number of aliphatic hydroxyl groups is 2. The van der Waals surface area contributed by atoms with Crippen molar-refractivity contribution in [2.24, 2.45) is 0 Å². The van der Waals surface area contributed by atoms with Crippen LogP contribution in [0.15, 0.2) is 11.1 Å². The molecule has 0 amide bonds. The third-order valence-electron chi connectivity index (χ3n) is 6.44. The molecule has 6 rings (SSSR count). The molecule has 1 unspecified atom stereocenters. The topological polar surface area (TPSA) is 300 Å². The van der Waals surface area contributed by atoms with Crippen molar-refractivity contribution in [1.29, 1.82) is 0 Å². The summed E-state index contributed by atoms with van der Waals surface area (Å²) in [7, 11) is -0.139. The van der Waals surface area contributed by atoms with E-state index in [1.165, 1.54) is 0 Å². The van der Waals surface area contributed by atoms with Crippen molar-refractivity contribution in [3.8, 4) is 0 Å². The largest absolute Gasteiger partial charge is 0.394 e. The SMILES string of the molecule is Nc1nc2c(nnn2[C@@H]2O[C@H](CO)C[C@H]2OP(O)(=S)OC[C@H]2O[C@@H](n3nnc4c(N)ncnc43)[C@@H](F)[C@@H]2O)c(=O)[nH]1.O=PS. The summed E-state index contributed by atoms with van der Waals surface area (Å²) >= 11 is 8.35. The van der Waals surface area contributed by atoms with Crippen LogP contribution in [0.2, 0.25) is 0 Å². The van der Waals surface area contributed by atoms with E-state index in [9.17, 15) is 19.9 Å². The van der Waals surface area contributed by atoms with E-state index in [2.05, 4.69) is 52.8 Å². The number of anilines is 2. The number of nitrogens with two attached hydrogens (primary N) is 2. The number of hydrogen-bond acceptors (Lipinski definition) is 18. The van der Waals surface area contributed by atoms with Gasteiger partial charge in [-0.2, -0.15) is 14.3 Å². The van der Waals surface area contributed by atoms with Crippen LogP contribution in [0.25, 0.3) is 22.3 Å². The molecule has 0 saturated carbocycles. The van der Waals surface area contributed by atoms with E-state index in [1.807, 2.05) is 0 Å². The molecule has 6 heterocycles. The fraction of sp³-hybridized carbons (Fsp3) is 0.556. The van der Waals surface area contributed by atoms with Crippen LogP contribution < -0.4 is 17.0 Å². The first-order valence-electron chi connectivity index (χ1n) is 12.3. The van der Waals surface area contributed by atoms with Crippen LogP contribution in [0.4, 0.5) is 16.2 Å². The minimum atomic E-state index is -4.11. The number of halogens is 1. The normalized spacial score (nSPS) is 28.3. The Labute approximate surface area is 255 Å². The van der Waals surface area contributed by atoms with Gasteiger partial charge in [-0.05, 0) is 11.8 Å². The number of alkyl halides is 1. The van der Waals surface area contributed by atoms with Crippen molar-refractivity contribution in [3.05, 3.63) is 16.7 Å². The predicted octanol–water partition coefficient (Wildman–Crippen LogP) is -1.47. The van der Waals surface area contributed by atoms with Gasteiger partial charge in [-0.25, -0.2) is 14.4 Å². The number of fused-ring (bicyclic) bond motifs is 2. The molecule has 0 aliphatic carbocycles. The number of thiol groups is 1. The number of aromatic nitrogens is 10. The summed E-state index contributed by atoms with van der Waals surface area (Å²) in [5.74, 6) is -0.180. The van der Waals surface area contributed by atoms with Crippen molar-refractivity contribution in [2.75, 3.05) is 24.7 Å². The monoisotopic (exact) mass is 696 g/mol. The van der Waals surface area contributed by atoms with Gasteiger partial charge in [0, 0.05) is 6.42 Å².